The molecule has 5 aromatic rings. The maximum Gasteiger partial charge on any atom is 0.407 e. The number of H-pyrrole nitrogens is 2. The molecule has 0 spiro atoms. The number of hydrogen-bond donors (Lipinski definition) is 3. The summed E-state index contributed by atoms with van der Waals surface area (Å²) < 4.78 is 17.1. The molecule has 3 aliphatic rings. The molecular weight excluding hydrogens is 699 g/mol. The number of carbonyl (C=O) groups excluding carboxylic acids is 3. The highest BCUT2D eigenvalue weighted by molar-refractivity contribution is 5.94. The first-order valence-corrected chi connectivity index (χ1v) is 19.0. The summed E-state index contributed by atoms with van der Waals surface area (Å²) in [7, 11) is 1.27. The van der Waals surface area contributed by atoms with E-state index in [-0.39, 0.29) is 30.5 Å². The number of fused-ring (bicyclic) bond motifs is 6. The summed E-state index contributed by atoms with van der Waals surface area (Å²) in [6, 6.07) is 22.7. The van der Waals surface area contributed by atoms with Gasteiger partial charge in [0.2, 0.25) is 5.91 Å². The normalized spacial score (nSPS) is 20.4. The van der Waals surface area contributed by atoms with Crippen molar-refractivity contribution in [1.82, 2.24) is 35.1 Å². The first-order chi connectivity index (χ1) is 27.0. The third-order valence-electron chi connectivity index (χ3n) is 10.7. The molecule has 0 radical (unpaired) electrons. The van der Waals surface area contributed by atoms with E-state index in [1.54, 1.807) is 11.1 Å². The molecule has 284 valence electrons. The molecular formula is C42H45N7O6. The second-order valence-electron chi connectivity index (χ2n) is 14.2. The third kappa shape index (κ3) is 7.70. The molecule has 0 unspecified atom stereocenters. The van der Waals surface area contributed by atoms with E-state index in [2.05, 4.69) is 51.7 Å². The second kappa shape index (κ2) is 16.2. The van der Waals surface area contributed by atoms with Crippen molar-refractivity contribution < 1.29 is 28.6 Å². The van der Waals surface area contributed by atoms with Gasteiger partial charge in [0.25, 0.3) is 5.91 Å². The Balaban J connectivity index is 1.01. The molecule has 3 aromatic carbocycles. The molecule has 13 nitrogen and oxygen atoms in total. The number of benzene rings is 3. The average Bonchev–Trinajstić information content (AvgIpc) is 4.06. The number of carbonyl (C=O) groups is 3. The lowest BCUT2D eigenvalue weighted by Gasteiger charge is -2.28. The fraction of sp³-hybridized carbons (Fsp3) is 0.357. The predicted molar refractivity (Wildman–Crippen MR) is 205 cm³/mol. The molecule has 3 N–H and O–H groups in total. The number of hydrogen-bond acceptors (Lipinski definition) is 8. The van der Waals surface area contributed by atoms with Crippen LogP contribution in [0.3, 0.4) is 0 Å². The molecule has 2 fully saturated rings. The first-order valence-electron chi connectivity index (χ1n) is 19.0. The van der Waals surface area contributed by atoms with Crippen molar-refractivity contribution in [2.45, 2.75) is 56.7 Å². The lowest BCUT2D eigenvalue weighted by Crippen LogP contribution is -2.50. The van der Waals surface area contributed by atoms with Gasteiger partial charge >= 0.3 is 6.09 Å². The van der Waals surface area contributed by atoms with Crippen LogP contribution in [0.4, 0.5) is 4.79 Å². The Morgan fingerprint density at radius 3 is 2.31 bits per heavy atom. The predicted octanol–water partition coefficient (Wildman–Crippen LogP) is 6.69. The summed E-state index contributed by atoms with van der Waals surface area (Å²) in [4.78, 5) is 59.2. The number of nitrogens with zero attached hydrogens (tertiary/aromatic N) is 4. The lowest BCUT2D eigenvalue weighted by atomic mass is 10.00. The quantitative estimate of drug-likeness (QED) is 0.180. The van der Waals surface area contributed by atoms with Crippen molar-refractivity contribution in [3.63, 3.8) is 0 Å². The zero-order valence-electron chi connectivity index (χ0n) is 30.8. The van der Waals surface area contributed by atoms with E-state index < -0.39 is 12.1 Å². The van der Waals surface area contributed by atoms with E-state index in [1.807, 2.05) is 47.5 Å². The molecule has 8 rings (SSSR count). The number of amides is 3. The molecule has 2 saturated heterocycles. The van der Waals surface area contributed by atoms with E-state index in [0.717, 1.165) is 77.3 Å². The van der Waals surface area contributed by atoms with Crippen molar-refractivity contribution >= 4 is 17.9 Å². The highest BCUT2D eigenvalue weighted by Crippen LogP contribution is 2.38. The van der Waals surface area contributed by atoms with Crippen molar-refractivity contribution in [3.8, 4) is 39.4 Å². The topological polar surface area (TPSA) is 155 Å². The van der Waals surface area contributed by atoms with Crippen LogP contribution in [0.15, 0.2) is 85.2 Å². The van der Waals surface area contributed by atoms with E-state index in [9.17, 15) is 14.4 Å². The fourth-order valence-electron chi connectivity index (χ4n) is 7.80. The molecule has 13 heteroatoms. The highest BCUT2D eigenvalue weighted by atomic mass is 16.5. The summed E-state index contributed by atoms with van der Waals surface area (Å²) in [6.07, 6.45) is 7.78. The number of aromatic amines is 2. The molecule has 3 aliphatic heterocycles. The summed E-state index contributed by atoms with van der Waals surface area (Å²) in [5.41, 5.74) is 6.31. The van der Waals surface area contributed by atoms with Crippen LogP contribution >= 0.6 is 0 Å². The van der Waals surface area contributed by atoms with Crippen LogP contribution in [0.1, 0.15) is 72.6 Å². The third-order valence-corrected chi connectivity index (χ3v) is 10.7. The molecule has 2 aromatic heterocycles. The maximum absolute atomic E-state index is 13.7. The van der Waals surface area contributed by atoms with Gasteiger partial charge in [0.1, 0.15) is 23.4 Å². The summed E-state index contributed by atoms with van der Waals surface area (Å²) in [5.74, 6) is 2.03. The van der Waals surface area contributed by atoms with Gasteiger partial charge in [-0.2, -0.15) is 0 Å². The smallest absolute Gasteiger partial charge is 0.407 e. The highest BCUT2D eigenvalue weighted by Gasteiger charge is 2.37. The van der Waals surface area contributed by atoms with Crippen LogP contribution in [0.2, 0.25) is 0 Å². The summed E-state index contributed by atoms with van der Waals surface area (Å²) in [6.45, 7) is 2.19. The van der Waals surface area contributed by atoms with Gasteiger partial charge < -0.3 is 39.3 Å². The Morgan fingerprint density at radius 2 is 1.49 bits per heavy atom. The van der Waals surface area contributed by atoms with Crippen LogP contribution < -0.4 is 10.1 Å². The average molecular weight is 744 g/mol. The Kier molecular flexibility index (Phi) is 10.6. The van der Waals surface area contributed by atoms with Crippen LogP contribution in [0.5, 0.6) is 5.75 Å². The van der Waals surface area contributed by atoms with E-state index in [1.165, 1.54) is 7.11 Å². The minimum Gasteiger partial charge on any atom is -0.493 e. The summed E-state index contributed by atoms with van der Waals surface area (Å²) >= 11 is 0. The van der Waals surface area contributed by atoms with Gasteiger partial charge in [0.15, 0.2) is 0 Å². The lowest BCUT2D eigenvalue weighted by molar-refractivity contribution is -0.136. The van der Waals surface area contributed by atoms with Crippen LogP contribution in [0, 0.1) is 0 Å². The molecule has 0 aliphatic carbocycles. The van der Waals surface area contributed by atoms with Gasteiger partial charge in [0, 0.05) is 30.8 Å². The molecule has 2 bridgehead atoms. The van der Waals surface area contributed by atoms with Gasteiger partial charge in [-0.25, -0.2) is 14.8 Å². The van der Waals surface area contributed by atoms with Gasteiger partial charge in [-0.05, 0) is 79.5 Å². The minimum absolute atomic E-state index is 0.0308. The van der Waals surface area contributed by atoms with Gasteiger partial charge in [-0.3, -0.25) is 9.59 Å². The Bertz CT molecular complexity index is 2130. The Hall–Kier alpha value is -5.95. The SMILES string of the molecule is COC(=O)N[C@H]1COCCCCOc2cc(-c3ccc(-c4cnc([C@@H]5CCCN5C(=O)c5ccccc5)[nH]4)cc3)ccc2-c2cnc([nH]2)[C@@H]2CCCN2C1=O. The van der Waals surface area contributed by atoms with Crippen LogP contribution in [-0.2, 0) is 14.3 Å². The standard InChI is InChI=1S/C42H45N7O6/c1-53-42(52)47-34-26-54-21-5-6-22-55-37-23-30(17-18-31(37)33-25-44-39(46-33)36-12-8-20-49(36)41(34)51)27-13-15-28(16-14-27)32-24-43-38(45-32)35-11-7-19-48(35)40(50)29-9-3-2-4-10-29/h2-4,9-10,13-18,23-25,34-36H,5-8,11-12,19-22,26H2,1H3,(H,43,45)(H,44,46)(H,47,52)/t34-,35-,36-/m0/s1. The number of likely N-dealkylation sites (tertiary alicyclic amines) is 1. The van der Waals surface area contributed by atoms with E-state index >= 15 is 0 Å². The van der Waals surface area contributed by atoms with Crippen LogP contribution in [-0.4, -0.2) is 93.7 Å². The molecule has 3 atom stereocenters. The Morgan fingerprint density at radius 1 is 0.800 bits per heavy atom. The number of rotatable bonds is 5. The van der Waals surface area contributed by atoms with Gasteiger partial charge in [-0.15, -0.1) is 0 Å². The summed E-state index contributed by atoms with van der Waals surface area (Å²) in [5, 5.41) is 2.65. The Labute approximate surface area is 319 Å². The number of methoxy groups -OCH3 is 1. The molecule has 0 saturated carbocycles. The van der Waals surface area contributed by atoms with E-state index in [0.29, 0.717) is 44.1 Å². The zero-order valence-corrected chi connectivity index (χ0v) is 30.8. The molecule has 55 heavy (non-hydrogen) atoms. The minimum atomic E-state index is -0.864. The maximum atomic E-state index is 13.7. The number of imidazole rings is 2. The number of alkyl carbamates (subject to hydrolysis) is 1. The molecule has 5 heterocycles. The van der Waals surface area contributed by atoms with Gasteiger partial charge in [0.05, 0.1) is 56.2 Å². The zero-order chi connectivity index (χ0) is 37.7. The van der Waals surface area contributed by atoms with Crippen LogP contribution in [0.25, 0.3) is 33.6 Å². The molecule has 3 amide bonds. The largest absolute Gasteiger partial charge is 0.493 e. The van der Waals surface area contributed by atoms with Crippen molar-refractivity contribution in [2.75, 3.05) is 40.0 Å². The monoisotopic (exact) mass is 743 g/mol. The number of nitrogens with one attached hydrogen (secondary N) is 3. The van der Waals surface area contributed by atoms with Gasteiger partial charge in [-0.1, -0.05) is 48.5 Å². The van der Waals surface area contributed by atoms with Crippen molar-refractivity contribution in [3.05, 3.63) is 102 Å². The fourth-order valence-corrected chi connectivity index (χ4v) is 7.80. The first kappa shape index (κ1) is 36.0. The van der Waals surface area contributed by atoms with Crippen molar-refractivity contribution in [1.29, 1.82) is 0 Å². The second-order valence-corrected chi connectivity index (χ2v) is 14.2. The van der Waals surface area contributed by atoms with E-state index in [4.69, 9.17) is 24.2 Å². The number of aromatic nitrogens is 4. The van der Waals surface area contributed by atoms with Crippen molar-refractivity contribution in [2.24, 2.45) is 0 Å². The number of ether oxygens (including phenoxy) is 3.